The molecular weight excluding hydrogens is 260 g/mol. The van der Waals surface area contributed by atoms with Gasteiger partial charge < -0.3 is 25.7 Å². The zero-order valence-electron chi connectivity index (χ0n) is 11.7. The van der Waals surface area contributed by atoms with Crippen LogP contribution in [0.2, 0.25) is 0 Å². The molecule has 1 aromatic heterocycles. The number of nitrogens with zero attached hydrogens (tertiary/aromatic N) is 3. The molecule has 0 saturated carbocycles. The maximum Gasteiger partial charge on any atom is 0.174 e. The molecule has 1 aromatic rings. The van der Waals surface area contributed by atoms with E-state index in [1.807, 2.05) is 24.8 Å². The Balaban J connectivity index is 2.53. The molecule has 1 aliphatic rings. The smallest absolute Gasteiger partial charge is 0.174 e. The third-order valence-electron chi connectivity index (χ3n) is 3.40. The number of aryl methyl sites for hydroxylation is 2. The molecule has 0 amide bonds. The van der Waals surface area contributed by atoms with Gasteiger partial charge in [0, 0.05) is 12.2 Å². The van der Waals surface area contributed by atoms with Gasteiger partial charge in [0.05, 0.1) is 31.4 Å². The topological polar surface area (TPSA) is 104 Å². The van der Waals surface area contributed by atoms with Gasteiger partial charge in [-0.1, -0.05) is 5.16 Å². The minimum Gasteiger partial charge on any atom is -0.409 e. The fourth-order valence-electron chi connectivity index (χ4n) is 2.48. The molecule has 1 unspecified atom stereocenters. The third-order valence-corrected chi connectivity index (χ3v) is 3.40. The molecule has 0 aromatic carbocycles. The van der Waals surface area contributed by atoms with Crippen LogP contribution in [0.5, 0.6) is 0 Å². The van der Waals surface area contributed by atoms with E-state index in [-0.39, 0.29) is 18.5 Å². The molecule has 1 aliphatic heterocycles. The van der Waals surface area contributed by atoms with Crippen molar-refractivity contribution in [3.63, 3.8) is 0 Å². The second-order valence-electron chi connectivity index (χ2n) is 4.87. The Bertz CT molecular complexity index is 519. The highest BCUT2D eigenvalue weighted by molar-refractivity contribution is 6.02. The number of hydrogen-bond acceptors (Lipinski definition) is 6. The molecule has 0 aliphatic carbocycles. The van der Waals surface area contributed by atoms with Crippen LogP contribution in [0.25, 0.3) is 0 Å². The van der Waals surface area contributed by atoms with Gasteiger partial charge in [-0.25, -0.2) is 4.98 Å². The Labute approximate surface area is 117 Å². The van der Waals surface area contributed by atoms with Gasteiger partial charge in [-0.3, -0.25) is 0 Å². The van der Waals surface area contributed by atoms with Gasteiger partial charge in [-0.05, 0) is 25.5 Å². The van der Waals surface area contributed by atoms with Crippen molar-refractivity contribution in [1.82, 2.24) is 4.98 Å². The number of anilines is 1. The second-order valence-corrected chi connectivity index (χ2v) is 4.87. The Hall–Kier alpha value is -1.86. The first-order valence-corrected chi connectivity index (χ1v) is 6.49. The number of pyridine rings is 1. The molecule has 0 bridgehead atoms. The summed E-state index contributed by atoms with van der Waals surface area (Å²) in [5.74, 6) is 0.647. The summed E-state index contributed by atoms with van der Waals surface area (Å²) in [4.78, 5) is 6.47. The van der Waals surface area contributed by atoms with E-state index in [2.05, 4.69) is 10.1 Å². The highest BCUT2D eigenvalue weighted by Crippen LogP contribution is 2.25. The summed E-state index contributed by atoms with van der Waals surface area (Å²) in [6.45, 7) is 5.33. The molecule has 2 heterocycles. The maximum absolute atomic E-state index is 9.49. The van der Waals surface area contributed by atoms with Crippen LogP contribution in [-0.4, -0.2) is 53.5 Å². The van der Waals surface area contributed by atoms with Crippen molar-refractivity contribution in [1.29, 1.82) is 0 Å². The molecule has 1 atom stereocenters. The number of rotatable bonds is 3. The van der Waals surface area contributed by atoms with Crippen LogP contribution in [0, 0.1) is 13.8 Å². The van der Waals surface area contributed by atoms with Crippen LogP contribution >= 0.6 is 0 Å². The molecule has 0 radical (unpaired) electrons. The van der Waals surface area contributed by atoms with Crippen molar-refractivity contribution < 1.29 is 15.1 Å². The zero-order chi connectivity index (χ0) is 14.7. The van der Waals surface area contributed by atoms with Crippen molar-refractivity contribution >= 4 is 11.7 Å². The standard InChI is InChI=1S/C13H20N4O3/c1-8-5-9(2)15-13(11(8)12(14)16-19)17-3-4-20-7-10(17)6-18/h5,10,18-19H,3-4,6-7H2,1-2H3,(H2,14,16). The average molecular weight is 280 g/mol. The first-order valence-electron chi connectivity index (χ1n) is 6.49. The first kappa shape index (κ1) is 14.5. The van der Waals surface area contributed by atoms with Crippen molar-refractivity contribution in [2.24, 2.45) is 10.9 Å². The predicted octanol–water partition coefficient (Wildman–Crippen LogP) is -0.00956. The van der Waals surface area contributed by atoms with Crippen LogP contribution in [0.4, 0.5) is 5.82 Å². The Morgan fingerprint density at radius 1 is 1.60 bits per heavy atom. The number of aliphatic hydroxyl groups is 1. The predicted molar refractivity (Wildman–Crippen MR) is 75.3 cm³/mol. The Morgan fingerprint density at radius 3 is 3.00 bits per heavy atom. The molecule has 7 nitrogen and oxygen atoms in total. The quantitative estimate of drug-likeness (QED) is 0.311. The molecule has 2 rings (SSSR count). The normalized spacial score (nSPS) is 20.2. The monoisotopic (exact) mass is 280 g/mol. The first-order chi connectivity index (χ1) is 9.58. The average Bonchev–Trinajstić information content (AvgIpc) is 2.45. The van der Waals surface area contributed by atoms with E-state index in [9.17, 15) is 5.11 Å². The summed E-state index contributed by atoms with van der Waals surface area (Å²) < 4.78 is 5.37. The molecule has 20 heavy (non-hydrogen) atoms. The summed E-state index contributed by atoms with van der Waals surface area (Å²) in [5.41, 5.74) is 8.10. The minimum absolute atomic E-state index is 0.0215. The van der Waals surface area contributed by atoms with E-state index < -0.39 is 0 Å². The van der Waals surface area contributed by atoms with Gasteiger partial charge >= 0.3 is 0 Å². The summed E-state index contributed by atoms with van der Waals surface area (Å²) in [7, 11) is 0. The van der Waals surface area contributed by atoms with Crippen molar-refractivity contribution in [3.05, 3.63) is 22.9 Å². The molecular formula is C13H20N4O3. The molecule has 1 saturated heterocycles. The summed E-state index contributed by atoms with van der Waals surface area (Å²) in [6.07, 6.45) is 0. The lowest BCUT2D eigenvalue weighted by Crippen LogP contribution is -2.49. The van der Waals surface area contributed by atoms with Crippen molar-refractivity contribution in [2.75, 3.05) is 31.3 Å². The number of oxime groups is 1. The summed E-state index contributed by atoms with van der Waals surface area (Å²) in [5, 5.41) is 21.5. The summed E-state index contributed by atoms with van der Waals surface area (Å²) >= 11 is 0. The van der Waals surface area contributed by atoms with Crippen molar-refractivity contribution in [3.8, 4) is 0 Å². The molecule has 110 valence electrons. The van der Waals surface area contributed by atoms with Gasteiger partial charge in [-0.2, -0.15) is 0 Å². The van der Waals surface area contributed by atoms with Crippen LogP contribution in [0.15, 0.2) is 11.2 Å². The molecule has 1 fully saturated rings. The highest BCUT2D eigenvalue weighted by atomic mass is 16.5. The van der Waals surface area contributed by atoms with Crippen LogP contribution in [-0.2, 0) is 4.74 Å². The fraction of sp³-hybridized carbons (Fsp3) is 0.538. The van der Waals surface area contributed by atoms with E-state index in [4.69, 9.17) is 15.7 Å². The van der Waals surface area contributed by atoms with Crippen molar-refractivity contribution in [2.45, 2.75) is 19.9 Å². The number of aliphatic hydroxyl groups excluding tert-OH is 1. The molecule has 7 heteroatoms. The Kier molecular flexibility index (Phi) is 4.41. The van der Waals surface area contributed by atoms with Crippen LogP contribution < -0.4 is 10.6 Å². The van der Waals surface area contributed by atoms with Crippen LogP contribution in [0.3, 0.4) is 0 Å². The number of nitrogens with two attached hydrogens (primary N) is 1. The second kappa shape index (κ2) is 6.06. The van der Waals surface area contributed by atoms with E-state index >= 15 is 0 Å². The van der Waals surface area contributed by atoms with E-state index in [0.717, 1.165) is 11.3 Å². The zero-order valence-corrected chi connectivity index (χ0v) is 11.7. The molecule has 0 spiro atoms. The lowest BCUT2D eigenvalue weighted by atomic mass is 10.1. The van der Waals surface area contributed by atoms with E-state index in [1.54, 1.807) is 0 Å². The van der Waals surface area contributed by atoms with Gasteiger partial charge in [0.1, 0.15) is 5.82 Å². The number of morpholine rings is 1. The summed E-state index contributed by atoms with van der Waals surface area (Å²) in [6, 6.07) is 1.70. The lowest BCUT2D eigenvalue weighted by Gasteiger charge is -2.36. The highest BCUT2D eigenvalue weighted by Gasteiger charge is 2.27. The van der Waals surface area contributed by atoms with Gasteiger partial charge in [0.2, 0.25) is 0 Å². The number of amidine groups is 1. The number of ether oxygens (including phenoxy) is 1. The van der Waals surface area contributed by atoms with Gasteiger partial charge in [0.25, 0.3) is 0 Å². The van der Waals surface area contributed by atoms with E-state index in [1.165, 1.54) is 0 Å². The number of hydrogen-bond donors (Lipinski definition) is 3. The van der Waals surface area contributed by atoms with Gasteiger partial charge in [-0.15, -0.1) is 0 Å². The molecule has 4 N–H and O–H groups in total. The largest absolute Gasteiger partial charge is 0.409 e. The van der Waals surface area contributed by atoms with E-state index in [0.29, 0.717) is 31.1 Å². The minimum atomic E-state index is -0.178. The lowest BCUT2D eigenvalue weighted by molar-refractivity contribution is 0.0722. The van der Waals surface area contributed by atoms with Crippen LogP contribution in [0.1, 0.15) is 16.8 Å². The van der Waals surface area contributed by atoms with Gasteiger partial charge in [0.15, 0.2) is 5.84 Å². The number of aromatic nitrogens is 1. The fourth-order valence-corrected chi connectivity index (χ4v) is 2.48. The third kappa shape index (κ3) is 2.68. The Morgan fingerprint density at radius 2 is 2.35 bits per heavy atom. The SMILES string of the molecule is Cc1cc(C)c(/C(N)=N/O)c(N2CCOCC2CO)n1. The maximum atomic E-state index is 9.49.